The first-order chi connectivity index (χ1) is 6.75. The topological polar surface area (TPSA) is 95.2 Å². The lowest BCUT2D eigenvalue weighted by atomic mass is 10.2. The Bertz CT molecular complexity index is 364. The molecule has 0 aromatic carbocycles. The van der Waals surface area contributed by atoms with Crippen LogP contribution in [0, 0.1) is 11.3 Å². The van der Waals surface area contributed by atoms with Crippen molar-refractivity contribution in [3.63, 3.8) is 0 Å². The molecule has 0 bridgehead atoms. The first kappa shape index (κ1) is 13.9. The van der Waals surface area contributed by atoms with Gasteiger partial charge in [0.2, 0.25) is 0 Å². The number of hydrogen-bond acceptors (Lipinski definition) is 4. The Morgan fingerprint density at radius 1 is 1.40 bits per heavy atom. The second-order valence-electron chi connectivity index (χ2n) is 3.75. The van der Waals surface area contributed by atoms with Crippen molar-refractivity contribution in [1.29, 1.82) is 5.26 Å². The van der Waals surface area contributed by atoms with Crippen molar-refractivity contribution >= 4 is 15.8 Å². The lowest BCUT2D eigenvalue weighted by Crippen LogP contribution is -2.41. The van der Waals surface area contributed by atoms with Crippen LogP contribution in [-0.2, 0) is 14.6 Å². The van der Waals surface area contributed by atoms with Crippen molar-refractivity contribution in [2.45, 2.75) is 37.9 Å². The van der Waals surface area contributed by atoms with Gasteiger partial charge in [-0.05, 0) is 26.7 Å². The molecule has 0 saturated heterocycles. The largest absolute Gasteiger partial charge is 0.480 e. The highest BCUT2D eigenvalue weighted by molar-refractivity contribution is 7.93. The first-order valence-electron chi connectivity index (χ1n) is 4.58. The third-order valence-corrected chi connectivity index (χ3v) is 4.80. The molecule has 0 aromatic heterocycles. The molecule has 0 radical (unpaired) electrons. The second-order valence-corrected chi connectivity index (χ2v) is 6.41. The highest BCUT2D eigenvalue weighted by Crippen LogP contribution is 2.19. The van der Waals surface area contributed by atoms with Gasteiger partial charge in [0.25, 0.3) is 0 Å². The average Bonchev–Trinajstić information content (AvgIpc) is 2.12. The Labute approximate surface area is 89.6 Å². The Balaban J connectivity index is 4.45. The van der Waals surface area contributed by atoms with Gasteiger partial charge < -0.3 is 5.11 Å². The molecule has 0 aliphatic carbocycles. The monoisotopic (exact) mass is 233 g/mol. The molecule has 86 valence electrons. The molecular weight excluding hydrogens is 218 g/mol. The summed E-state index contributed by atoms with van der Waals surface area (Å²) in [6.45, 7) is 2.35. The van der Waals surface area contributed by atoms with E-state index in [1.54, 1.807) is 0 Å². The van der Waals surface area contributed by atoms with Crippen molar-refractivity contribution in [1.82, 2.24) is 0 Å². The normalized spacial score (nSPS) is 12.1. The van der Waals surface area contributed by atoms with E-state index in [2.05, 4.69) is 0 Å². The van der Waals surface area contributed by atoms with E-state index in [-0.39, 0.29) is 5.75 Å². The fourth-order valence-electron chi connectivity index (χ4n) is 0.884. The van der Waals surface area contributed by atoms with Crippen LogP contribution < -0.4 is 0 Å². The smallest absolute Gasteiger partial charge is 0.324 e. The number of carboxylic acid groups (broad SMARTS) is 1. The fraction of sp³-hybridized carbons (Fsp3) is 0.778. The number of nitriles is 1. The summed E-state index contributed by atoms with van der Waals surface area (Å²) in [6, 6.07) is 1.90. The molecule has 5 nitrogen and oxygen atoms in total. The van der Waals surface area contributed by atoms with Crippen LogP contribution in [0.3, 0.4) is 0 Å². The van der Waals surface area contributed by atoms with Crippen molar-refractivity contribution in [2.75, 3.05) is 5.75 Å². The summed E-state index contributed by atoms with van der Waals surface area (Å²) in [5.74, 6) is -1.53. The van der Waals surface area contributed by atoms with Gasteiger partial charge in [-0.2, -0.15) is 5.26 Å². The Kier molecular flexibility index (Phi) is 4.75. The van der Waals surface area contributed by atoms with E-state index >= 15 is 0 Å². The van der Waals surface area contributed by atoms with Crippen LogP contribution in [0.4, 0.5) is 0 Å². The van der Waals surface area contributed by atoms with E-state index in [9.17, 15) is 13.2 Å². The minimum absolute atomic E-state index is 0.187. The van der Waals surface area contributed by atoms with E-state index < -0.39 is 20.6 Å². The maximum Gasteiger partial charge on any atom is 0.324 e. The maximum atomic E-state index is 11.6. The molecule has 1 N–H and O–H groups in total. The van der Waals surface area contributed by atoms with Crippen LogP contribution in [0.1, 0.15) is 33.1 Å². The molecular formula is C9H15NO4S. The highest BCUT2D eigenvalue weighted by Gasteiger charge is 2.41. The lowest BCUT2D eigenvalue weighted by Gasteiger charge is -2.19. The number of carboxylic acids is 1. The van der Waals surface area contributed by atoms with Crippen LogP contribution >= 0.6 is 0 Å². The van der Waals surface area contributed by atoms with Crippen molar-refractivity contribution in [3.05, 3.63) is 0 Å². The summed E-state index contributed by atoms with van der Waals surface area (Å²) in [5, 5.41) is 17.0. The van der Waals surface area contributed by atoms with Crippen molar-refractivity contribution in [2.24, 2.45) is 0 Å². The fourth-order valence-corrected chi connectivity index (χ4v) is 2.24. The van der Waals surface area contributed by atoms with Crippen LogP contribution in [-0.4, -0.2) is 30.0 Å². The third kappa shape index (κ3) is 3.51. The molecule has 6 heteroatoms. The number of sulfone groups is 1. The molecule has 0 rings (SSSR count). The zero-order chi connectivity index (χ0) is 12.1. The van der Waals surface area contributed by atoms with Gasteiger partial charge in [-0.25, -0.2) is 8.42 Å². The summed E-state index contributed by atoms with van der Waals surface area (Å²) in [6.07, 6.45) is 1.10. The third-order valence-electron chi connectivity index (χ3n) is 2.24. The van der Waals surface area contributed by atoms with Gasteiger partial charge in [0, 0.05) is 6.42 Å². The summed E-state index contributed by atoms with van der Waals surface area (Å²) >= 11 is 0. The molecule has 0 aromatic rings. The van der Waals surface area contributed by atoms with Gasteiger partial charge in [0.15, 0.2) is 14.6 Å². The number of aliphatic carboxylic acids is 1. The SMILES string of the molecule is CC(C)(C(=O)O)S(=O)(=O)CCCCC#N. The summed E-state index contributed by atoms with van der Waals surface area (Å²) < 4.78 is 21.4. The number of rotatable bonds is 6. The van der Waals surface area contributed by atoms with E-state index in [1.165, 1.54) is 13.8 Å². The molecule has 0 heterocycles. The molecule has 0 saturated carbocycles. The highest BCUT2D eigenvalue weighted by atomic mass is 32.2. The second kappa shape index (κ2) is 5.12. The Morgan fingerprint density at radius 3 is 2.33 bits per heavy atom. The molecule has 0 amide bonds. The van der Waals surface area contributed by atoms with E-state index in [1.807, 2.05) is 6.07 Å². The zero-order valence-electron chi connectivity index (χ0n) is 8.86. The van der Waals surface area contributed by atoms with Crippen LogP contribution in [0.5, 0.6) is 0 Å². The van der Waals surface area contributed by atoms with Gasteiger partial charge in [-0.1, -0.05) is 0 Å². The van der Waals surface area contributed by atoms with Gasteiger partial charge in [-0.15, -0.1) is 0 Å². The van der Waals surface area contributed by atoms with Crippen molar-refractivity contribution < 1.29 is 18.3 Å². The average molecular weight is 233 g/mol. The van der Waals surface area contributed by atoms with E-state index in [4.69, 9.17) is 10.4 Å². The van der Waals surface area contributed by atoms with Gasteiger partial charge >= 0.3 is 5.97 Å². The van der Waals surface area contributed by atoms with Crippen LogP contribution in [0.2, 0.25) is 0 Å². The molecule has 0 spiro atoms. The summed E-state index contributed by atoms with van der Waals surface area (Å²) in [7, 11) is -3.65. The van der Waals surface area contributed by atoms with E-state index in [0.29, 0.717) is 19.3 Å². The maximum absolute atomic E-state index is 11.6. The van der Waals surface area contributed by atoms with Gasteiger partial charge in [0.05, 0.1) is 11.8 Å². The first-order valence-corrected chi connectivity index (χ1v) is 6.23. The van der Waals surface area contributed by atoms with Crippen molar-refractivity contribution in [3.8, 4) is 6.07 Å². The minimum atomic E-state index is -3.65. The molecule has 0 aliphatic heterocycles. The van der Waals surface area contributed by atoms with Crippen LogP contribution in [0.15, 0.2) is 0 Å². The predicted octanol–water partition coefficient (Wildman–Crippen LogP) is 0.958. The number of carbonyl (C=O) groups is 1. The van der Waals surface area contributed by atoms with Gasteiger partial charge in [0.1, 0.15) is 0 Å². The lowest BCUT2D eigenvalue weighted by molar-refractivity contribution is -0.139. The molecule has 0 fully saturated rings. The number of unbranched alkanes of at least 4 members (excludes halogenated alkanes) is 2. The quantitative estimate of drug-likeness (QED) is 0.689. The summed E-state index contributed by atoms with van der Waals surface area (Å²) in [5.41, 5.74) is 0. The number of hydrogen-bond donors (Lipinski definition) is 1. The molecule has 0 aliphatic rings. The molecule has 0 atom stereocenters. The van der Waals surface area contributed by atoms with Gasteiger partial charge in [-0.3, -0.25) is 4.79 Å². The zero-order valence-corrected chi connectivity index (χ0v) is 9.67. The number of nitrogens with zero attached hydrogens (tertiary/aromatic N) is 1. The standard InChI is InChI=1S/C9H15NO4S/c1-9(2,8(11)12)15(13,14)7-5-3-4-6-10/h3-5,7H2,1-2H3,(H,11,12). The van der Waals surface area contributed by atoms with Crippen LogP contribution in [0.25, 0.3) is 0 Å². The minimum Gasteiger partial charge on any atom is -0.480 e. The Morgan fingerprint density at radius 2 is 1.93 bits per heavy atom. The predicted molar refractivity (Wildman–Crippen MR) is 55.0 cm³/mol. The molecule has 15 heavy (non-hydrogen) atoms. The summed E-state index contributed by atoms with van der Waals surface area (Å²) in [4.78, 5) is 10.7. The Hall–Kier alpha value is -1.09. The molecule has 0 unspecified atom stereocenters. The van der Waals surface area contributed by atoms with E-state index in [0.717, 1.165) is 0 Å².